The van der Waals surface area contributed by atoms with Crippen LogP contribution in [0.5, 0.6) is 17.2 Å². The number of hydrogen-bond acceptors (Lipinski definition) is 6. The summed E-state index contributed by atoms with van der Waals surface area (Å²) >= 11 is 0. The number of nitrogens with zero attached hydrogens (tertiary/aromatic N) is 1. The van der Waals surface area contributed by atoms with Crippen LogP contribution in [0.15, 0.2) is 71.9 Å². The molecule has 0 spiro atoms. The van der Waals surface area contributed by atoms with Gasteiger partial charge >= 0.3 is 0 Å². The normalized spacial score (nSPS) is 18.7. The van der Waals surface area contributed by atoms with Crippen LogP contribution in [-0.4, -0.2) is 33.0 Å². The fourth-order valence-corrected chi connectivity index (χ4v) is 5.59. The predicted molar refractivity (Wildman–Crippen MR) is 147 cm³/mol. The number of rotatable bonds is 5. The largest absolute Gasteiger partial charge is 0.493 e. The van der Waals surface area contributed by atoms with Crippen molar-refractivity contribution in [1.82, 2.24) is 0 Å². The van der Waals surface area contributed by atoms with E-state index in [4.69, 9.17) is 14.2 Å². The third-order valence-corrected chi connectivity index (χ3v) is 7.38. The highest BCUT2D eigenvalue weighted by Gasteiger charge is 2.41. The summed E-state index contributed by atoms with van der Waals surface area (Å²) in [5.41, 5.74) is 5.88. The number of allylic oxidation sites excluding steroid dienone is 1. The molecule has 2 atom stereocenters. The Morgan fingerprint density at radius 3 is 2.16 bits per heavy atom. The lowest BCUT2D eigenvalue weighted by atomic mass is 9.78. The molecule has 0 aromatic heterocycles. The summed E-state index contributed by atoms with van der Waals surface area (Å²) in [4.78, 5) is 29.0. The number of ketones is 1. The molecular formula is C31H32N2O5. The minimum atomic E-state index is -0.682. The van der Waals surface area contributed by atoms with Crippen molar-refractivity contribution in [1.29, 1.82) is 0 Å². The quantitative estimate of drug-likeness (QED) is 0.456. The van der Waals surface area contributed by atoms with Crippen LogP contribution in [-0.2, 0) is 9.59 Å². The topological polar surface area (TPSA) is 77.1 Å². The molecule has 38 heavy (non-hydrogen) atoms. The van der Waals surface area contributed by atoms with Crippen LogP contribution in [0.2, 0.25) is 0 Å². The second-order valence-electron chi connectivity index (χ2n) is 9.72. The average molecular weight is 513 g/mol. The lowest BCUT2D eigenvalue weighted by Gasteiger charge is -2.35. The molecule has 1 aliphatic heterocycles. The Labute approximate surface area is 223 Å². The number of ether oxygens (including phenoxy) is 3. The number of Topliss-reactive ketones (excluding diaryl/α,β-unsaturated/α-hetero) is 1. The molecule has 7 heteroatoms. The van der Waals surface area contributed by atoms with Gasteiger partial charge in [-0.2, -0.15) is 0 Å². The smallest absolute Gasteiger partial charge is 0.224 e. The number of carbonyl (C=O) groups excluding carboxylic acids is 2. The van der Waals surface area contributed by atoms with Crippen LogP contribution in [0.25, 0.3) is 0 Å². The first-order chi connectivity index (χ1) is 18.4. The SMILES string of the molecule is COc1cc([C@@H]2C3=C(C[C@H](c4ccc(C)cc4)CC3=O)Nc3ccccc3N2C(C)=O)cc(OC)c1OC. The van der Waals surface area contributed by atoms with Gasteiger partial charge < -0.3 is 19.5 Å². The molecule has 2 aliphatic rings. The van der Waals surface area contributed by atoms with E-state index in [9.17, 15) is 9.59 Å². The highest BCUT2D eigenvalue weighted by atomic mass is 16.5. The van der Waals surface area contributed by atoms with Crippen molar-refractivity contribution in [2.45, 2.75) is 38.6 Å². The molecule has 3 aromatic rings. The van der Waals surface area contributed by atoms with E-state index in [1.54, 1.807) is 26.2 Å². The Kier molecular flexibility index (Phi) is 6.85. The maximum Gasteiger partial charge on any atom is 0.224 e. The molecule has 1 aliphatic carbocycles. The number of anilines is 2. The van der Waals surface area contributed by atoms with Gasteiger partial charge in [0.05, 0.1) is 38.7 Å². The Morgan fingerprint density at radius 1 is 0.895 bits per heavy atom. The fraction of sp³-hybridized carbons (Fsp3) is 0.290. The fourth-order valence-electron chi connectivity index (χ4n) is 5.59. The predicted octanol–water partition coefficient (Wildman–Crippen LogP) is 5.94. The van der Waals surface area contributed by atoms with Gasteiger partial charge in [0.15, 0.2) is 17.3 Å². The van der Waals surface area contributed by atoms with Crippen molar-refractivity contribution in [3.63, 3.8) is 0 Å². The summed E-state index contributed by atoms with van der Waals surface area (Å²) < 4.78 is 16.8. The molecule has 7 nitrogen and oxygen atoms in total. The van der Waals surface area contributed by atoms with Crippen molar-refractivity contribution in [3.05, 3.63) is 88.6 Å². The Bertz CT molecular complexity index is 1400. The molecule has 1 N–H and O–H groups in total. The number of methoxy groups -OCH3 is 3. The van der Waals surface area contributed by atoms with Crippen molar-refractivity contribution >= 4 is 23.1 Å². The van der Waals surface area contributed by atoms with Gasteiger partial charge in [0.2, 0.25) is 11.7 Å². The Hall–Kier alpha value is -4.26. The number of hydrogen-bond donors (Lipinski definition) is 1. The summed E-state index contributed by atoms with van der Waals surface area (Å²) in [6.45, 7) is 3.58. The van der Waals surface area contributed by atoms with Crippen molar-refractivity contribution in [2.24, 2.45) is 0 Å². The highest BCUT2D eigenvalue weighted by Crippen LogP contribution is 2.49. The van der Waals surface area contributed by atoms with Gasteiger partial charge in [0.1, 0.15) is 0 Å². The summed E-state index contributed by atoms with van der Waals surface area (Å²) in [6.07, 6.45) is 0.998. The van der Waals surface area contributed by atoms with Crippen LogP contribution in [0, 0.1) is 6.92 Å². The lowest BCUT2D eigenvalue weighted by molar-refractivity contribution is -0.117. The zero-order valence-electron chi connectivity index (χ0n) is 22.3. The van der Waals surface area contributed by atoms with Gasteiger partial charge in [-0.05, 0) is 54.7 Å². The third-order valence-electron chi connectivity index (χ3n) is 7.38. The Morgan fingerprint density at radius 2 is 1.55 bits per heavy atom. The summed E-state index contributed by atoms with van der Waals surface area (Å²) in [6, 6.07) is 19.0. The van der Waals surface area contributed by atoms with Crippen LogP contribution in [0.3, 0.4) is 0 Å². The molecule has 0 unspecified atom stereocenters. The first-order valence-corrected chi connectivity index (χ1v) is 12.6. The molecule has 0 radical (unpaired) electrons. The molecule has 1 amide bonds. The molecule has 0 bridgehead atoms. The minimum Gasteiger partial charge on any atom is -0.493 e. The number of para-hydroxylation sites is 2. The molecule has 3 aromatic carbocycles. The van der Waals surface area contributed by atoms with E-state index >= 15 is 0 Å². The van der Waals surface area contributed by atoms with Crippen molar-refractivity contribution in [2.75, 3.05) is 31.5 Å². The van der Waals surface area contributed by atoms with E-state index in [0.29, 0.717) is 46.9 Å². The third kappa shape index (κ3) is 4.38. The zero-order chi connectivity index (χ0) is 27.0. The van der Waals surface area contributed by atoms with E-state index in [2.05, 4.69) is 36.5 Å². The number of benzene rings is 3. The van der Waals surface area contributed by atoms with Crippen LogP contribution in [0.4, 0.5) is 11.4 Å². The second kappa shape index (κ2) is 10.2. The molecule has 0 fully saturated rings. The first-order valence-electron chi connectivity index (χ1n) is 12.6. The average Bonchev–Trinajstić information content (AvgIpc) is 3.07. The van der Waals surface area contributed by atoms with Gasteiger partial charge in [-0.1, -0.05) is 42.0 Å². The van der Waals surface area contributed by atoms with E-state index in [1.807, 2.05) is 36.4 Å². The Balaban J connectivity index is 1.74. The first kappa shape index (κ1) is 25.4. The number of aryl methyl sites for hydroxylation is 1. The number of nitrogens with one attached hydrogen (secondary N) is 1. The van der Waals surface area contributed by atoms with E-state index in [1.165, 1.54) is 12.5 Å². The highest BCUT2D eigenvalue weighted by molar-refractivity contribution is 6.06. The monoisotopic (exact) mass is 512 g/mol. The van der Waals surface area contributed by atoms with Gasteiger partial charge in [-0.25, -0.2) is 0 Å². The summed E-state index contributed by atoms with van der Waals surface area (Å²) in [7, 11) is 4.65. The zero-order valence-corrected chi connectivity index (χ0v) is 22.3. The maximum absolute atomic E-state index is 14.0. The van der Waals surface area contributed by atoms with Crippen molar-refractivity contribution in [3.8, 4) is 17.2 Å². The van der Waals surface area contributed by atoms with Crippen LogP contribution >= 0.6 is 0 Å². The van der Waals surface area contributed by atoms with E-state index < -0.39 is 6.04 Å². The standard InChI is InChI=1S/C31H32N2O5/c1-18-10-12-20(13-11-18)21-14-24-29(26(35)15-21)30(22-16-27(36-3)31(38-5)28(17-22)37-4)33(19(2)34)25-9-7-6-8-23(25)32-24/h6-13,16-17,21,30,32H,14-15H2,1-5H3/t21-,30+/m0/s1. The summed E-state index contributed by atoms with van der Waals surface area (Å²) in [5.74, 6) is 1.22. The molecule has 1 heterocycles. The van der Waals surface area contributed by atoms with Gasteiger partial charge in [0, 0.05) is 24.6 Å². The van der Waals surface area contributed by atoms with Crippen LogP contribution in [0.1, 0.15) is 48.4 Å². The van der Waals surface area contributed by atoms with Crippen LogP contribution < -0.4 is 24.4 Å². The molecular weight excluding hydrogens is 480 g/mol. The number of carbonyl (C=O) groups is 2. The lowest BCUT2D eigenvalue weighted by Crippen LogP contribution is -2.37. The van der Waals surface area contributed by atoms with Gasteiger partial charge in [0.25, 0.3) is 0 Å². The number of fused-ring (bicyclic) bond motifs is 1. The molecule has 0 saturated carbocycles. The van der Waals surface area contributed by atoms with E-state index in [0.717, 1.165) is 16.9 Å². The number of amides is 1. The molecule has 5 rings (SSSR count). The van der Waals surface area contributed by atoms with Gasteiger partial charge in [-0.3, -0.25) is 14.5 Å². The van der Waals surface area contributed by atoms with Crippen molar-refractivity contribution < 1.29 is 23.8 Å². The summed E-state index contributed by atoms with van der Waals surface area (Å²) in [5, 5.41) is 3.55. The molecule has 0 saturated heterocycles. The van der Waals surface area contributed by atoms with Gasteiger partial charge in [-0.15, -0.1) is 0 Å². The maximum atomic E-state index is 14.0. The second-order valence-corrected chi connectivity index (χ2v) is 9.72. The minimum absolute atomic E-state index is 0.00197. The molecule has 196 valence electrons. The van der Waals surface area contributed by atoms with E-state index in [-0.39, 0.29) is 17.6 Å².